The number of nitro groups is 1. The van der Waals surface area contributed by atoms with Crippen LogP contribution in [0.4, 0.5) is 4.39 Å². The van der Waals surface area contributed by atoms with Gasteiger partial charge in [-0.2, -0.15) is 0 Å². The third-order valence-electron chi connectivity index (χ3n) is 3.61. The number of esters is 1. The minimum atomic E-state index is -1.76. The molecule has 0 aromatic heterocycles. The van der Waals surface area contributed by atoms with Crippen LogP contribution in [0.3, 0.4) is 0 Å². The van der Waals surface area contributed by atoms with Crippen molar-refractivity contribution in [3.63, 3.8) is 0 Å². The van der Waals surface area contributed by atoms with Crippen LogP contribution >= 0.6 is 0 Å². The predicted molar refractivity (Wildman–Crippen MR) is 76.4 cm³/mol. The van der Waals surface area contributed by atoms with Gasteiger partial charge in [0.15, 0.2) is 5.41 Å². The Kier molecular flexibility index (Phi) is 6.15. The van der Waals surface area contributed by atoms with Crippen LogP contribution in [0.1, 0.15) is 25.8 Å². The topological polar surface area (TPSA) is 86.5 Å². The van der Waals surface area contributed by atoms with Gasteiger partial charge >= 0.3 is 5.97 Å². The maximum absolute atomic E-state index is 13.1. The summed E-state index contributed by atoms with van der Waals surface area (Å²) < 4.78 is 18.1. The normalized spacial score (nSPS) is 14.7. The Balaban J connectivity index is 3.54. The molecule has 2 unspecified atom stereocenters. The highest BCUT2D eigenvalue weighted by Crippen LogP contribution is 2.36. The van der Waals surface area contributed by atoms with Crippen LogP contribution in [0.2, 0.25) is 0 Å². The molecule has 1 aromatic carbocycles. The van der Waals surface area contributed by atoms with E-state index in [4.69, 9.17) is 4.74 Å². The molecule has 1 aromatic rings. The van der Waals surface area contributed by atoms with Crippen molar-refractivity contribution in [2.45, 2.75) is 25.7 Å². The number of ether oxygens (including phenoxy) is 1. The summed E-state index contributed by atoms with van der Waals surface area (Å²) in [5.41, 5.74) is -1.56. The fourth-order valence-corrected chi connectivity index (χ4v) is 2.53. The summed E-state index contributed by atoms with van der Waals surface area (Å²) in [6, 6.07) is 4.76. The van der Waals surface area contributed by atoms with E-state index < -0.39 is 34.6 Å². The van der Waals surface area contributed by atoms with Crippen molar-refractivity contribution in [3.8, 4) is 0 Å². The van der Waals surface area contributed by atoms with Gasteiger partial charge in [0.25, 0.3) is 0 Å². The van der Waals surface area contributed by atoms with Crippen molar-refractivity contribution >= 4 is 12.3 Å². The summed E-state index contributed by atoms with van der Waals surface area (Å²) >= 11 is 0. The van der Waals surface area contributed by atoms with Crippen molar-refractivity contribution in [1.29, 1.82) is 0 Å². The second-order valence-corrected chi connectivity index (χ2v) is 4.84. The summed E-state index contributed by atoms with van der Waals surface area (Å²) in [6.45, 7) is 2.45. The van der Waals surface area contributed by atoms with Gasteiger partial charge in [-0.3, -0.25) is 14.9 Å². The second-order valence-electron chi connectivity index (χ2n) is 4.84. The number of aldehydes is 1. The molecule has 0 saturated carbocycles. The zero-order valence-corrected chi connectivity index (χ0v) is 12.5. The molecular weight excluding hydrogens is 293 g/mol. The minimum absolute atomic E-state index is 0.0226. The van der Waals surface area contributed by atoms with Gasteiger partial charge < -0.3 is 9.53 Å². The molecule has 7 heteroatoms. The largest absolute Gasteiger partial charge is 0.465 e. The van der Waals surface area contributed by atoms with E-state index in [0.29, 0.717) is 6.29 Å². The molecule has 0 aliphatic carbocycles. The van der Waals surface area contributed by atoms with Crippen molar-refractivity contribution in [1.82, 2.24) is 0 Å². The molecule has 0 saturated heterocycles. The third kappa shape index (κ3) is 3.47. The first-order valence-electron chi connectivity index (χ1n) is 6.92. The fraction of sp³-hybridized carbons (Fsp3) is 0.467. The lowest BCUT2D eigenvalue weighted by atomic mass is 9.69. The van der Waals surface area contributed by atoms with Gasteiger partial charge in [-0.25, -0.2) is 4.39 Å². The molecule has 120 valence electrons. The fourth-order valence-electron chi connectivity index (χ4n) is 2.53. The zero-order chi connectivity index (χ0) is 16.8. The van der Waals surface area contributed by atoms with E-state index in [9.17, 15) is 24.1 Å². The van der Waals surface area contributed by atoms with Crippen molar-refractivity contribution in [3.05, 3.63) is 45.8 Å². The number of hydrogen-bond donors (Lipinski definition) is 0. The Bertz CT molecular complexity index is 545. The van der Waals surface area contributed by atoms with Crippen LogP contribution in [-0.2, 0) is 19.7 Å². The Morgan fingerprint density at radius 1 is 1.41 bits per heavy atom. The summed E-state index contributed by atoms with van der Waals surface area (Å²) in [6.07, 6.45) is 0.733. The van der Waals surface area contributed by atoms with Crippen LogP contribution < -0.4 is 0 Å². The summed E-state index contributed by atoms with van der Waals surface area (Å²) in [5, 5.41) is 11.1. The zero-order valence-electron chi connectivity index (χ0n) is 12.5. The Morgan fingerprint density at radius 2 is 2.00 bits per heavy atom. The van der Waals surface area contributed by atoms with Crippen molar-refractivity contribution in [2.75, 3.05) is 13.2 Å². The Hall–Kier alpha value is -2.31. The van der Waals surface area contributed by atoms with Crippen LogP contribution in [0.5, 0.6) is 0 Å². The number of carbonyl (C=O) groups is 2. The lowest BCUT2D eigenvalue weighted by molar-refractivity contribution is -0.490. The van der Waals surface area contributed by atoms with Crippen LogP contribution in [0, 0.1) is 21.8 Å². The summed E-state index contributed by atoms with van der Waals surface area (Å²) in [7, 11) is 0. The van der Waals surface area contributed by atoms with Crippen LogP contribution in [0.25, 0.3) is 0 Å². The average molecular weight is 311 g/mol. The molecular formula is C15H18FNO5. The van der Waals surface area contributed by atoms with E-state index in [1.165, 1.54) is 12.1 Å². The molecule has 1 rings (SSSR count). The number of hydrogen-bond acceptors (Lipinski definition) is 5. The van der Waals surface area contributed by atoms with Gasteiger partial charge in [0.05, 0.1) is 6.61 Å². The quantitative estimate of drug-likeness (QED) is 0.318. The van der Waals surface area contributed by atoms with Gasteiger partial charge in [0.1, 0.15) is 12.1 Å². The number of nitrogens with zero attached hydrogens (tertiary/aromatic N) is 1. The van der Waals surface area contributed by atoms with Crippen LogP contribution in [0.15, 0.2) is 24.3 Å². The molecule has 0 aliphatic heterocycles. The first kappa shape index (κ1) is 17.7. The lowest BCUT2D eigenvalue weighted by Crippen LogP contribution is -2.50. The molecule has 0 radical (unpaired) electrons. The first-order chi connectivity index (χ1) is 10.4. The first-order valence-corrected chi connectivity index (χ1v) is 6.92. The molecule has 0 heterocycles. The highest BCUT2D eigenvalue weighted by Gasteiger charge is 2.52. The summed E-state index contributed by atoms with van der Waals surface area (Å²) in [5.74, 6) is -2.33. The maximum atomic E-state index is 13.1. The highest BCUT2D eigenvalue weighted by atomic mass is 19.1. The molecule has 0 fully saturated rings. The average Bonchev–Trinajstić information content (AvgIpc) is 2.47. The van der Waals surface area contributed by atoms with Crippen molar-refractivity contribution in [2.24, 2.45) is 5.92 Å². The van der Waals surface area contributed by atoms with Gasteiger partial charge in [0, 0.05) is 10.8 Å². The van der Waals surface area contributed by atoms with E-state index in [1.54, 1.807) is 13.8 Å². The standard InChI is InChI=1S/C15H18FNO5/c1-3-11(9-18)15(10-17(20)21,14(19)22-4-2)12-5-7-13(16)8-6-12/h5-9,11H,3-4,10H2,1-2H3. The molecule has 0 amide bonds. The van der Waals surface area contributed by atoms with E-state index in [2.05, 4.69) is 0 Å². The Morgan fingerprint density at radius 3 is 2.41 bits per heavy atom. The van der Waals surface area contributed by atoms with E-state index in [-0.39, 0.29) is 18.6 Å². The molecule has 22 heavy (non-hydrogen) atoms. The van der Waals surface area contributed by atoms with Gasteiger partial charge in [-0.15, -0.1) is 0 Å². The monoisotopic (exact) mass is 311 g/mol. The van der Waals surface area contributed by atoms with E-state index in [1.807, 2.05) is 0 Å². The smallest absolute Gasteiger partial charge is 0.324 e. The maximum Gasteiger partial charge on any atom is 0.324 e. The molecule has 0 N–H and O–H groups in total. The number of carbonyl (C=O) groups excluding carboxylic acids is 2. The highest BCUT2D eigenvalue weighted by molar-refractivity contribution is 5.87. The molecule has 6 nitrogen and oxygen atoms in total. The Labute approximate surface area is 127 Å². The SMILES string of the molecule is CCOC(=O)C(C[N+](=O)[O-])(c1ccc(F)cc1)C(C=O)CC. The molecule has 2 atom stereocenters. The van der Waals surface area contributed by atoms with Crippen LogP contribution in [-0.4, -0.2) is 30.3 Å². The number of benzene rings is 1. The van der Waals surface area contributed by atoms with Crippen molar-refractivity contribution < 1.29 is 23.6 Å². The van der Waals surface area contributed by atoms with E-state index in [0.717, 1.165) is 12.1 Å². The number of rotatable bonds is 8. The minimum Gasteiger partial charge on any atom is -0.465 e. The third-order valence-corrected chi connectivity index (χ3v) is 3.61. The molecule has 0 spiro atoms. The lowest BCUT2D eigenvalue weighted by Gasteiger charge is -2.32. The number of halogens is 1. The van der Waals surface area contributed by atoms with E-state index >= 15 is 0 Å². The summed E-state index contributed by atoms with van der Waals surface area (Å²) in [4.78, 5) is 34.3. The molecule has 0 aliphatic rings. The molecule has 0 bridgehead atoms. The predicted octanol–water partition coefficient (Wildman–Crippen LogP) is 2.13. The van der Waals surface area contributed by atoms with Gasteiger partial charge in [-0.05, 0) is 31.0 Å². The second kappa shape index (κ2) is 7.63. The van der Waals surface area contributed by atoms with Gasteiger partial charge in [-0.1, -0.05) is 19.1 Å². The van der Waals surface area contributed by atoms with Gasteiger partial charge in [0.2, 0.25) is 6.54 Å².